The van der Waals surface area contributed by atoms with Crippen LogP contribution in [0.3, 0.4) is 0 Å². The zero-order valence-corrected chi connectivity index (χ0v) is 18.1. The molecule has 0 radical (unpaired) electrons. The number of hydrogen-bond donors (Lipinski definition) is 2. The van der Waals surface area contributed by atoms with Crippen LogP contribution >= 0.6 is 23.1 Å². The topological polar surface area (TPSA) is 110 Å². The number of thiazole rings is 1. The molecule has 1 fully saturated rings. The Morgan fingerprint density at radius 3 is 2.67 bits per heavy atom. The summed E-state index contributed by atoms with van der Waals surface area (Å²) in [6.07, 6.45) is 4.14. The van der Waals surface area contributed by atoms with Gasteiger partial charge in [0, 0.05) is 40.8 Å². The normalized spacial score (nSPS) is 16.2. The van der Waals surface area contributed by atoms with Crippen LogP contribution in [0.1, 0.15) is 16.8 Å². The first-order chi connectivity index (χ1) is 14.5. The maximum atomic E-state index is 12.6. The number of amides is 1. The van der Waals surface area contributed by atoms with E-state index in [1.165, 1.54) is 48.0 Å². The van der Waals surface area contributed by atoms with Crippen molar-refractivity contribution < 1.29 is 17.9 Å². The number of ether oxygens (including phenoxy) is 1. The van der Waals surface area contributed by atoms with E-state index in [-0.39, 0.29) is 16.9 Å². The van der Waals surface area contributed by atoms with E-state index in [9.17, 15) is 13.2 Å². The summed E-state index contributed by atoms with van der Waals surface area (Å²) in [5.41, 5.74) is 0.882. The van der Waals surface area contributed by atoms with Gasteiger partial charge in [-0.15, -0.1) is 11.3 Å². The molecule has 2 aromatic heterocycles. The van der Waals surface area contributed by atoms with E-state index in [1.807, 2.05) is 11.8 Å². The molecule has 1 saturated heterocycles. The molecular weight excluding hydrogens is 444 g/mol. The third-order valence-corrected chi connectivity index (χ3v) is 7.55. The highest BCUT2D eigenvalue weighted by molar-refractivity contribution is 7.99. The van der Waals surface area contributed by atoms with Crippen LogP contribution in [-0.4, -0.2) is 41.9 Å². The van der Waals surface area contributed by atoms with Crippen LogP contribution in [0.15, 0.2) is 59.1 Å². The zero-order chi connectivity index (χ0) is 21.0. The number of sulfonamides is 1. The molecule has 4 rings (SSSR count). The highest BCUT2D eigenvalue weighted by Gasteiger charge is 2.19. The van der Waals surface area contributed by atoms with Gasteiger partial charge in [0.05, 0.1) is 4.90 Å². The van der Waals surface area contributed by atoms with Gasteiger partial charge in [-0.2, -0.15) is 11.8 Å². The average molecular weight is 463 g/mol. The monoisotopic (exact) mass is 462 g/mol. The maximum absolute atomic E-state index is 12.6. The van der Waals surface area contributed by atoms with Gasteiger partial charge in [-0.05, 0) is 42.5 Å². The molecule has 0 bridgehead atoms. The van der Waals surface area contributed by atoms with Gasteiger partial charge in [-0.3, -0.25) is 9.52 Å². The Bertz CT molecular complexity index is 1110. The summed E-state index contributed by atoms with van der Waals surface area (Å²) in [5, 5.41) is 4.72. The molecule has 0 spiro atoms. The van der Waals surface area contributed by atoms with Crippen molar-refractivity contribution in [2.75, 3.05) is 21.5 Å². The number of nitrogens with zero attached hydrogens (tertiary/aromatic N) is 2. The first-order valence-electron chi connectivity index (χ1n) is 9.04. The number of hydrogen-bond acceptors (Lipinski definition) is 8. The number of benzene rings is 1. The number of nitrogens with one attached hydrogen (secondary N) is 2. The summed E-state index contributed by atoms with van der Waals surface area (Å²) in [6.45, 7) is 0. The van der Waals surface area contributed by atoms with Gasteiger partial charge in [-0.25, -0.2) is 18.4 Å². The van der Waals surface area contributed by atoms with Crippen molar-refractivity contribution in [1.29, 1.82) is 0 Å². The minimum absolute atomic E-state index is 0.0738. The SMILES string of the molecule is O=C(Nc1ccc(S(=O)(=O)Nc2nccs2)cc1)c1ccnc(OC2CCSC2)c1. The Labute approximate surface area is 182 Å². The molecule has 1 aliphatic rings. The fourth-order valence-electron chi connectivity index (χ4n) is 2.76. The molecule has 2 N–H and O–H groups in total. The number of anilines is 2. The van der Waals surface area contributed by atoms with Gasteiger partial charge >= 0.3 is 0 Å². The molecular formula is C19H18N4O4S3. The quantitative estimate of drug-likeness (QED) is 0.553. The van der Waals surface area contributed by atoms with Crippen LogP contribution in [0.25, 0.3) is 0 Å². The van der Waals surface area contributed by atoms with Crippen LogP contribution in [0.2, 0.25) is 0 Å². The largest absolute Gasteiger partial charge is 0.473 e. The Morgan fingerprint density at radius 2 is 1.97 bits per heavy atom. The van der Waals surface area contributed by atoms with Gasteiger partial charge in [0.1, 0.15) is 6.10 Å². The molecule has 0 saturated carbocycles. The lowest BCUT2D eigenvalue weighted by atomic mass is 10.2. The lowest BCUT2D eigenvalue weighted by molar-refractivity contribution is 0.102. The number of aromatic nitrogens is 2. The average Bonchev–Trinajstić information content (AvgIpc) is 3.43. The molecule has 1 amide bonds. The number of pyridine rings is 1. The molecule has 156 valence electrons. The molecule has 3 heterocycles. The maximum Gasteiger partial charge on any atom is 0.263 e. The van der Waals surface area contributed by atoms with Crippen molar-refractivity contribution in [1.82, 2.24) is 9.97 Å². The number of carbonyl (C=O) groups is 1. The van der Waals surface area contributed by atoms with Crippen LogP contribution in [0.4, 0.5) is 10.8 Å². The van der Waals surface area contributed by atoms with E-state index in [1.54, 1.807) is 17.5 Å². The Morgan fingerprint density at radius 1 is 1.13 bits per heavy atom. The van der Waals surface area contributed by atoms with E-state index >= 15 is 0 Å². The van der Waals surface area contributed by atoms with E-state index in [2.05, 4.69) is 20.0 Å². The van der Waals surface area contributed by atoms with Crippen LogP contribution in [-0.2, 0) is 10.0 Å². The minimum atomic E-state index is -3.74. The predicted octanol–water partition coefficient (Wildman–Crippen LogP) is 3.48. The second-order valence-corrected chi connectivity index (χ2v) is 10.1. The highest BCUT2D eigenvalue weighted by atomic mass is 32.2. The molecule has 1 aliphatic heterocycles. The molecule has 0 aliphatic carbocycles. The van der Waals surface area contributed by atoms with Gasteiger partial charge in [0.15, 0.2) is 5.13 Å². The van der Waals surface area contributed by atoms with Crippen LogP contribution in [0, 0.1) is 0 Å². The van der Waals surface area contributed by atoms with E-state index in [0.29, 0.717) is 22.3 Å². The lowest BCUT2D eigenvalue weighted by Gasteiger charge is -2.12. The first kappa shape index (κ1) is 20.6. The fraction of sp³-hybridized carbons (Fsp3) is 0.211. The van der Waals surface area contributed by atoms with Crippen molar-refractivity contribution >= 4 is 49.8 Å². The van der Waals surface area contributed by atoms with Gasteiger partial charge < -0.3 is 10.1 Å². The van der Waals surface area contributed by atoms with Gasteiger partial charge in [-0.1, -0.05) is 0 Å². The highest BCUT2D eigenvalue weighted by Crippen LogP contribution is 2.23. The Kier molecular flexibility index (Phi) is 6.21. The van der Waals surface area contributed by atoms with Crippen molar-refractivity contribution in [3.8, 4) is 5.88 Å². The summed E-state index contributed by atoms with van der Waals surface area (Å²) >= 11 is 3.02. The molecule has 1 unspecified atom stereocenters. The third kappa shape index (κ3) is 5.10. The number of thioether (sulfide) groups is 1. The summed E-state index contributed by atoms with van der Waals surface area (Å²) < 4.78 is 33.0. The third-order valence-electron chi connectivity index (χ3n) is 4.25. The number of rotatable bonds is 7. The second kappa shape index (κ2) is 9.02. The summed E-state index contributed by atoms with van der Waals surface area (Å²) in [4.78, 5) is 20.7. The van der Waals surface area contributed by atoms with Crippen LogP contribution in [0.5, 0.6) is 5.88 Å². The van der Waals surface area contributed by atoms with Crippen molar-refractivity contribution in [3.05, 3.63) is 59.7 Å². The Balaban J connectivity index is 1.41. The first-order valence-corrected chi connectivity index (χ1v) is 12.6. The van der Waals surface area contributed by atoms with Gasteiger partial charge in [0.25, 0.3) is 15.9 Å². The van der Waals surface area contributed by atoms with E-state index in [0.717, 1.165) is 17.9 Å². The summed E-state index contributed by atoms with van der Waals surface area (Å²) in [6, 6.07) is 9.11. The summed E-state index contributed by atoms with van der Waals surface area (Å²) in [5.74, 6) is 2.07. The summed E-state index contributed by atoms with van der Waals surface area (Å²) in [7, 11) is -3.74. The van der Waals surface area contributed by atoms with E-state index in [4.69, 9.17) is 4.74 Å². The molecule has 8 nitrogen and oxygen atoms in total. The van der Waals surface area contributed by atoms with Crippen molar-refractivity contribution in [3.63, 3.8) is 0 Å². The van der Waals surface area contributed by atoms with Crippen molar-refractivity contribution in [2.24, 2.45) is 0 Å². The molecule has 1 aromatic carbocycles. The minimum Gasteiger partial charge on any atom is -0.473 e. The zero-order valence-electron chi connectivity index (χ0n) is 15.6. The standard InChI is InChI=1S/C19H18N4O4S3/c24-18(13-5-7-20-17(11-13)27-15-6-9-28-12-15)22-14-1-3-16(4-2-14)30(25,26)23-19-21-8-10-29-19/h1-5,7-8,10-11,15H,6,9,12H2,(H,21,23)(H,22,24). The van der Waals surface area contributed by atoms with E-state index < -0.39 is 10.0 Å². The van der Waals surface area contributed by atoms with Crippen molar-refractivity contribution in [2.45, 2.75) is 17.4 Å². The number of carbonyl (C=O) groups excluding carboxylic acids is 1. The molecule has 1 atom stereocenters. The predicted molar refractivity (Wildman–Crippen MR) is 118 cm³/mol. The lowest BCUT2D eigenvalue weighted by Crippen LogP contribution is -2.17. The molecule has 3 aromatic rings. The molecule has 11 heteroatoms. The fourth-order valence-corrected chi connectivity index (χ4v) is 5.64. The second-order valence-electron chi connectivity index (χ2n) is 6.41. The molecule has 30 heavy (non-hydrogen) atoms. The smallest absolute Gasteiger partial charge is 0.263 e. The van der Waals surface area contributed by atoms with Crippen LogP contribution < -0.4 is 14.8 Å². The van der Waals surface area contributed by atoms with Gasteiger partial charge in [0.2, 0.25) is 5.88 Å². The Hall–Kier alpha value is -2.63.